The molecule has 0 aliphatic carbocycles. The van der Waals surface area contributed by atoms with Gasteiger partial charge in [-0.25, -0.2) is 0 Å². The molecule has 1 aromatic carbocycles. The molecule has 4 heterocycles. The summed E-state index contributed by atoms with van der Waals surface area (Å²) in [5, 5.41) is 0. The first kappa shape index (κ1) is 15.3. The van der Waals surface area contributed by atoms with Crippen LogP contribution in [0.1, 0.15) is 28.8 Å². The highest BCUT2D eigenvalue weighted by Gasteiger charge is 2.37. The van der Waals surface area contributed by atoms with Gasteiger partial charge in [-0.1, -0.05) is 30.3 Å². The van der Waals surface area contributed by atoms with Gasteiger partial charge in [0.05, 0.1) is 5.56 Å². The number of carbonyl (C=O) groups excluding carboxylic acids is 1. The van der Waals surface area contributed by atoms with Crippen LogP contribution in [0, 0.1) is 5.92 Å². The Labute approximate surface area is 143 Å². The Morgan fingerprint density at radius 2 is 1.92 bits per heavy atom. The minimum absolute atomic E-state index is 0.138. The van der Waals surface area contributed by atoms with Crippen molar-refractivity contribution in [3.63, 3.8) is 0 Å². The van der Waals surface area contributed by atoms with Crippen molar-refractivity contribution in [1.29, 1.82) is 0 Å². The standard InChI is InChI=1S/C20H23N3O/c24-20(18-7-4-10-21-11-18)23-14-17-8-9-19(23)15-22(13-17)12-16-5-2-1-3-6-16/h1-7,10-11,17,19H,8-9,12-15H2/t17-,19+/m0/s1. The summed E-state index contributed by atoms with van der Waals surface area (Å²) in [5.41, 5.74) is 2.06. The van der Waals surface area contributed by atoms with Crippen LogP contribution in [-0.2, 0) is 6.54 Å². The first-order chi connectivity index (χ1) is 11.8. The second-order valence-corrected chi connectivity index (χ2v) is 6.98. The summed E-state index contributed by atoms with van der Waals surface area (Å²) in [6, 6.07) is 14.7. The maximum absolute atomic E-state index is 12.9. The average Bonchev–Trinajstić information content (AvgIpc) is 2.93. The number of piperidine rings is 1. The van der Waals surface area contributed by atoms with Gasteiger partial charge < -0.3 is 4.90 Å². The lowest BCUT2D eigenvalue weighted by atomic mass is 9.94. The fourth-order valence-corrected chi connectivity index (χ4v) is 4.05. The van der Waals surface area contributed by atoms with E-state index in [1.165, 1.54) is 12.0 Å². The van der Waals surface area contributed by atoms with E-state index in [2.05, 4.69) is 45.1 Å². The van der Waals surface area contributed by atoms with Crippen molar-refractivity contribution in [3.8, 4) is 0 Å². The van der Waals surface area contributed by atoms with Crippen LogP contribution in [0.4, 0.5) is 0 Å². The smallest absolute Gasteiger partial charge is 0.255 e. The van der Waals surface area contributed by atoms with Crippen LogP contribution in [0.2, 0.25) is 0 Å². The highest BCUT2D eigenvalue weighted by Crippen LogP contribution is 2.29. The number of aromatic nitrogens is 1. The zero-order valence-corrected chi connectivity index (χ0v) is 13.8. The molecular weight excluding hydrogens is 298 g/mol. The van der Waals surface area contributed by atoms with Crippen molar-refractivity contribution in [2.24, 2.45) is 5.92 Å². The molecule has 2 bridgehead atoms. The molecule has 5 rings (SSSR count). The molecule has 4 heteroatoms. The van der Waals surface area contributed by atoms with E-state index in [1.807, 2.05) is 12.1 Å². The number of fused-ring (bicyclic) bond motifs is 4. The zero-order valence-electron chi connectivity index (χ0n) is 13.8. The second-order valence-electron chi connectivity index (χ2n) is 6.98. The molecule has 2 atom stereocenters. The number of amides is 1. The molecule has 3 fully saturated rings. The molecule has 124 valence electrons. The van der Waals surface area contributed by atoms with E-state index in [0.717, 1.165) is 32.6 Å². The van der Waals surface area contributed by atoms with Crippen molar-refractivity contribution < 1.29 is 4.79 Å². The molecule has 0 N–H and O–H groups in total. The zero-order chi connectivity index (χ0) is 16.4. The highest BCUT2D eigenvalue weighted by molar-refractivity contribution is 5.94. The van der Waals surface area contributed by atoms with E-state index in [9.17, 15) is 4.79 Å². The minimum Gasteiger partial charge on any atom is -0.334 e. The van der Waals surface area contributed by atoms with E-state index >= 15 is 0 Å². The third kappa shape index (κ3) is 3.20. The number of benzene rings is 1. The van der Waals surface area contributed by atoms with Gasteiger partial charge in [-0.3, -0.25) is 14.7 Å². The average molecular weight is 321 g/mol. The SMILES string of the molecule is O=C(c1cccnc1)N1C[C@H]2CC[C@@H]1CN(Cc1ccccc1)C2. The molecule has 0 unspecified atom stereocenters. The van der Waals surface area contributed by atoms with Crippen LogP contribution >= 0.6 is 0 Å². The van der Waals surface area contributed by atoms with E-state index < -0.39 is 0 Å². The Morgan fingerprint density at radius 3 is 2.71 bits per heavy atom. The van der Waals surface area contributed by atoms with Crippen molar-refractivity contribution in [3.05, 3.63) is 66.0 Å². The predicted octanol–water partition coefficient (Wildman–Crippen LogP) is 2.82. The third-order valence-electron chi connectivity index (χ3n) is 5.21. The number of hydrogen-bond acceptors (Lipinski definition) is 3. The van der Waals surface area contributed by atoms with Crippen molar-refractivity contribution in [2.75, 3.05) is 19.6 Å². The Balaban J connectivity index is 1.50. The summed E-state index contributed by atoms with van der Waals surface area (Å²) in [7, 11) is 0. The molecule has 4 nitrogen and oxygen atoms in total. The van der Waals surface area contributed by atoms with Crippen molar-refractivity contribution >= 4 is 5.91 Å². The van der Waals surface area contributed by atoms with Crippen LogP contribution in [0.3, 0.4) is 0 Å². The summed E-state index contributed by atoms with van der Waals surface area (Å²) in [6.45, 7) is 3.91. The van der Waals surface area contributed by atoms with Gasteiger partial charge in [0.2, 0.25) is 0 Å². The topological polar surface area (TPSA) is 36.4 Å². The molecule has 1 amide bonds. The monoisotopic (exact) mass is 321 g/mol. The quantitative estimate of drug-likeness (QED) is 0.872. The maximum atomic E-state index is 12.9. The van der Waals surface area contributed by atoms with Crippen LogP contribution in [0.25, 0.3) is 0 Å². The van der Waals surface area contributed by atoms with E-state index in [4.69, 9.17) is 0 Å². The molecule has 0 radical (unpaired) electrons. The number of pyridine rings is 1. The third-order valence-corrected chi connectivity index (χ3v) is 5.21. The van der Waals surface area contributed by atoms with Gasteiger partial charge in [0, 0.05) is 44.6 Å². The van der Waals surface area contributed by atoms with Gasteiger partial charge in [0.15, 0.2) is 0 Å². The second kappa shape index (κ2) is 6.73. The lowest BCUT2D eigenvalue weighted by molar-refractivity contribution is 0.0584. The molecular formula is C20H23N3O. The molecule has 3 aliphatic heterocycles. The summed E-state index contributed by atoms with van der Waals surface area (Å²) in [6.07, 6.45) is 5.74. The largest absolute Gasteiger partial charge is 0.334 e. The molecule has 0 spiro atoms. The number of carbonyl (C=O) groups is 1. The van der Waals surface area contributed by atoms with Gasteiger partial charge in [0.25, 0.3) is 5.91 Å². The van der Waals surface area contributed by atoms with Gasteiger partial charge in [-0.15, -0.1) is 0 Å². The van der Waals surface area contributed by atoms with Crippen molar-refractivity contribution in [1.82, 2.24) is 14.8 Å². The van der Waals surface area contributed by atoms with Gasteiger partial charge in [-0.2, -0.15) is 0 Å². The molecule has 24 heavy (non-hydrogen) atoms. The molecule has 0 saturated carbocycles. The van der Waals surface area contributed by atoms with Gasteiger partial charge in [0.1, 0.15) is 0 Å². The Morgan fingerprint density at radius 1 is 1.04 bits per heavy atom. The maximum Gasteiger partial charge on any atom is 0.255 e. The fourth-order valence-electron chi connectivity index (χ4n) is 4.05. The molecule has 1 aromatic heterocycles. The molecule has 3 saturated heterocycles. The summed E-state index contributed by atoms with van der Waals surface area (Å²) >= 11 is 0. The highest BCUT2D eigenvalue weighted by atomic mass is 16.2. The van der Waals surface area contributed by atoms with Gasteiger partial charge in [-0.05, 0) is 36.5 Å². The Hall–Kier alpha value is -2.20. The van der Waals surface area contributed by atoms with Gasteiger partial charge >= 0.3 is 0 Å². The normalized spacial score (nSPS) is 23.9. The Kier molecular flexibility index (Phi) is 4.30. The number of hydrogen-bond donors (Lipinski definition) is 0. The number of rotatable bonds is 3. The van der Waals surface area contributed by atoms with Crippen LogP contribution in [0.5, 0.6) is 0 Å². The van der Waals surface area contributed by atoms with Crippen molar-refractivity contribution in [2.45, 2.75) is 25.4 Å². The lowest BCUT2D eigenvalue weighted by Gasteiger charge is -2.36. The van der Waals surface area contributed by atoms with E-state index in [0.29, 0.717) is 17.5 Å². The fraction of sp³-hybridized carbons (Fsp3) is 0.400. The first-order valence-corrected chi connectivity index (χ1v) is 8.77. The van der Waals surface area contributed by atoms with Crippen LogP contribution in [-0.4, -0.2) is 46.4 Å². The van der Waals surface area contributed by atoms with Crippen LogP contribution in [0.15, 0.2) is 54.9 Å². The lowest BCUT2D eigenvalue weighted by Crippen LogP contribution is -2.47. The predicted molar refractivity (Wildman–Crippen MR) is 93.5 cm³/mol. The number of nitrogens with zero attached hydrogens (tertiary/aromatic N) is 3. The molecule has 2 aromatic rings. The first-order valence-electron chi connectivity index (χ1n) is 8.77. The summed E-state index contributed by atoms with van der Waals surface area (Å²) < 4.78 is 0. The van der Waals surface area contributed by atoms with E-state index in [1.54, 1.807) is 12.4 Å². The molecule has 3 aliphatic rings. The summed E-state index contributed by atoms with van der Waals surface area (Å²) in [4.78, 5) is 21.6. The Bertz CT molecular complexity index is 689. The van der Waals surface area contributed by atoms with Crippen LogP contribution < -0.4 is 0 Å². The summed E-state index contributed by atoms with van der Waals surface area (Å²) in [5.74, 6) is 0.715. The van der Waals surface area contributed by atoms with E-state index in [-0.39, 0.29) is 5.91 Å². The minimum atomic E-state index is 0.138.